The normalized spacial score (nSPS) is 17.9. The number of hydrogen-bond acceptors (Lipinski definition) is 4. The van der Waals surface area contributed by atoms with Crippen LogP contribution in [-0.2, 0) is 14.3 Å². The van der Waals surface area contributed by atoms with Gasteiger partial charge in [0.05, 0.1) is 25.9 Å². The molecule has 0 aromatic heterocycles. The fraction of sp³-hybridized carbons (Fsp3) is 0.600. The van der Waals surface area contributed by atoms with Gasteiger partial charge in [0.2, 0.25) is 0 Å². The largest absolute Gasteiger partial charge is 0.465 e. The highest BCUT2D eigenvalue weighted by Crippen LogP contribution is 2.19. The van der Waals surface area contributed by atoms with Crippen LogP contribution >= 0.6 is 0 Å². The zero-order valence-electron chi connectivity index (χ0n) is 8.16. The quantitative estimate of drug-likeness (QED) is 0.498. The van der Waals surface area contributed by atoms with E-state index >= 15 is 0 Å². The lowest BCUT2D eigenvalue weighted by Crippen LogP contribution is -2.21. The molecule has 4 nitrogen and oxygen atoms in total. The highest BCUT2D eigenvalue weighted by Gasteiger charge is 2.24. The molecule has 0 amide bonds. The van der Waals surface area contributed by atoms with E-state index in [-0.39, 0.29) is 0 Å². The molecule has 0 aromatic rings. The van der Waals surface area contributed by atoms with Crippen LogP contribution in [-0.4, -0.2) is 25.8 Å². The molecule has 0 fully saturated rings. The fourth-order valence-electron chi connectivity index (χ4n) is 1.32. The van der Waals surface area contributed by atoms with E-state index in [9.17, 15) is 4.79 Å². The third-order valence-electron chi connectivity index (χ3n) is 2.02. The van der Waals surface area contributed by atoms with E-state index in [4.69, 9.17) is 14.7 Å². The minimum atomic E-state index is -0.751. The molecule has 0 radical (unpaired) electrons. The summed E-state index contributed by atoms with van der Waals surface area (Å²) in [5.41, 5.74) is 0.817. The van der Waals surface area contributed by atoms with Crippen LogP contribution in [0, 0.1) is 17.2 Å². The molecule has 76 valence electrons. The van der Waals surface area contributed by atoms with Crippen molar-refractivity contribution in [3.8, 4) is 6.07 Å². The van der Waals surface area contributed by atoms with Crippen LogP contribution in [0.15, 0.2) is 11.6 Å². The zero-order chi connectivity index (χ0) is 10.4. The van der Waals surface area contributed by atoms with Crippen LogP contribution in [0.25, 0.3) is 0 Å². The van der Waals surface area contributed by atoms with E-state index < -0.39 is 11.9 Å². The minimum absolute atomic E-state index is 0.306. The number of nitrogens with zero attached hydrogens (tertiary/aromatic N) is 1. The molecule has 0 spiro atoms. The van der Waals surface area contributed by atoms with Crippen molar-refractivity contribution in [2.24, 2.45) is 5.92 Å². The Labute approximate surface area is 83.1 Å². The molecule has 0 aliphatic carbocycles. The van der Waals surface area contributed by atoms with Gasteiger partial charge in [-0.05, 0) is 18.9 Å². The summed E-state index contributed by atoms with van der Waals surface area (Å²) in [6, 6.07) is 1.96. The Kier molecular flexibility index (Phi) is 4.14. The Balaban J connectivity index is 2.66. The number of hydrogen-bond donors (Lipinski definition) is 0. The van der Waals surface area contributed by atoms with Crippen molar-refractivity contribution >= 4 is 5.97 Å². The number of carbonyl (C=O) groups excluding carboxylic acids is 1. The molecule has 0 aromatic carbocycles. The van der Waals surface area contributed by atoms with Gasteiger partial charge < -0.3 is 9.47 Å². The molecular formula is C10H13NO3. The van der Waals surface area contributed by atoms with Gasteiger partial charge in [0, 0.05) is 0 Å². The van der Waals surface area contributed by atoms with Gasteiger partial charge >= 0.3 is 5.97 Å². The number of nitriles is 1. The second kappa shape index (κ2) is 5.40. The maximum absolute atomic E-state index is 11.3. The number of carbonyl (C=O) groups is 1. The van der Waals surface area contributed by atoms with Crippen LogP contribution in [0.1, 0.15) is 13.3 Å². The van der Waals surface area contributed by atoms with Gasteiger partial charge in [-0.3, -0.25) is 4.79 Å². The van der Waals surface area contributed by atoms with Crippen LogP contribution in [0.4, 0.5) is 0 Å². The highest BCUT2D eigenvalue weighted by molar-refractivity contribution is 5.78. The van der Waals surface area contributed by atoms with Crippen LogP contribution in [0.2, 0.25) is 0 Å². The number of rotatable bonds is 3. The molecule has 0 bridgehead atoms. The van der Waals surface area contributed by atoms with E-state index in [0.717, 1.165) is 5.57 Å². The van der Waals surface area contributed by atoms with E-state index in [1.165, 1.54) is 0 Å². The summed E-state index contributed by atoms with van der Waals surface area (Å²) in [5.74, 6) is -1.21. The van der Waals surface area contributed by atoms with Gasteiger partial charge in [-0.1, -0.05) is 6.08 Å². The van der Waals surface area contributed by atoms with Gasteiger partial charge in [-0.25, -0.2) is 0 Å². The van der Waals surface area contributed by atoms with Crippen molar-refractivity contribution in [3.05, 3.63) is 11.6 Å². The molecule has 1 aliphatic rings. The average Bonchev–Trinajstić information content (AvgIpc) is 2.21. The maximum Gasteiger partial charge on any atom is 0.327 e. The second-order valence-corrected chi connectivity index (χ2v) is 2.92. The van der Waals surface area contributed by atoms with Crippen LogP contribution in [0.3, 0.4) is 0 Å². The molecule has 0 saturated heterocycles. The number of ether oxygens (including phenoxy) is 2. The maximum atomic E-state index is 11.3. The van der Waals surface area contributed by atoms with Gasteiger partial charge in [0.1, 0.15) is 0 Å². The molecule has 1 rings (SSSR count). The van der Waals surface area contributed by atoms with Crippen molar-refractivity contribution in [3.63, 3.8) is 0 Å². The summed E-state index contributed by atoms with van der Waals surface area (Å²) < 4.78 is 9.90. The van der Waals surface area contributed by atoms with Crippen molar-refractivity contribution in [2.45, 2.75) is 13.3 Å². The molecule has 1 aliphatic heterocycles. The Morgan fingerprint density at radius 2 is 2.64 bits per heavy atom. The summed E-state index contributed by atoms with van der Waals surface area (Å²) in [4.78, 5) is 11.3. The van der Waals surface area contributed by atoms with Gasteiger partial charge in [-0.15, -0.1) is 0 Å². The summed E-state index contributed by atoms with van der Waals surface area (Å²) in [6.07, 6.45) is 2.42. The van der Waals surface area contributed by atoms with Gasteiger partial charge in [-0.2, -0.15) is 5.26 Å². The summed E-state index contributed by atoms with van der Waals surface area (Å²) in [5, 5.41) is 8.84. The SMILES string of the molecule is CCOC(=O)C(C#N)C1=CCOCC1. The van der Waals surface area contributed by atoms with Crippen molar-refractivity contribution in [1.29, 1.82) is 5.26 Å². The first-order valence-corrected chi connectivity index (χ1v) is 4.62. The number of esters is 1. The Morgan fingerprint density at radius 3 is 3.14 bits per heavy atom. The van der Waals surface area contributed by atoms with Crippen molar-refractivity contribution < 1.29 is 14.3 Å². The smallest absolute Gasteiger partial charge is 0.327 e. The Morgan fingerprint density at radius 1 is 1.86 bits per heavy atom. The Bertz CT molecular complexity index is 278. The molecular weight excluding hydrogens is 182 g/mol. The highest BCUT2D eigenvalue weighted by atomic mass is 16.5. The summed E-state index contributed by atoms with van der Waals surface area (Å²) in [7, 11) is 0. The summed E-state index contributed by atoms with van der Waals surface area (Å²) in [6.45, 7) is 3.09. The molecule has 1 unspecified atom stereocenters. The topological polar surface area (TPSA) is 59.3 Å². The molecule has 0 saturated carbocycles. The lowest BCUT2D eigenvalue weighted by molar-refractivity contribution is -0.145. The molecule has 4 heteroatoms. The Hall–Kier alpha value is -1.34. The van der Waals surface area contributed by atoms with E-state index in [1.54, 1.807) is 13.0 Å². The fourth-order valence-corrected chi connectivity index (χ4v) is 1.32. The molecule has 14 heavy (non-hydrogen) atoms. The van der Waals surface area contributed by atoms with Crippen LogP contribution in [0.5, 0.6) is 0 Å². The van der Waals surface area contributed by atoms with E-state index in [2.05, 4.69) is 0 Å². The monoisotopic (exact) mass is 195 g/mol. The first-order chi connectivity index (χ1) is 6.79. The van der Waals surface area contributed by atoms with E-state index in [1.807, 2.05) is 6.07 Å². The molecule has 1 atom stereocenters. The van der Waals surface area contributed by atoms with Gasteiger partial charge in [0.15, 0.2) is 5.92 Å². The predicted molar refractivity (Wildman–Crippen MR) is 49.3 cm³/mol. The third-order valence-corrected chi connectivity index (χ3v) is 2.02. The summed E-state index contributed by atoms with van der Waals surface area (Å²) >= 11 is 0. The van der Waals surface area contributed by atoms with Crippen molar-refractivity contribution in [1.82, 2.24) is 0 Å². The first-order valence-electron chi connectivity index (χ1n) is 4.62. The molecule has 0 N–H and O–H groups in total. The first kappa shape index (κ1) is 10.7. The van der Waals surface area contributed by atoms with Crippen molar-refractivity contribution in [2.75, 3.05) is 19.8 Å². The lowest BCUT2D eigenvalue weighted by Gasteiger charge is -2.16. The minimum Gasteiger partial charge on any atom is -0.465 e. The predicted octanol–water partition coefficient (Wildman–Crippen LogP) is 1.04. The molecule has 1 heterocycles. The zero-order valence-corrected chi connectivity index (χ0v) is 8.16. The average molecular weight is 195 g/mol. The van der Waals surface area contributed by atoms with Gasteiger partial charge in [0.25, 0.3) is 0 Å². The lowest BCUT2D eigenvalue weighted by atomic mass is 9.97. The third kappa shape index (κ3) is 2.57. The van der Waals surface area contributed by atoms with E-state index in [0.29, 0.717) is 26.2 Å². The standard InChI is InChI=1S/C10H13NO3/c1-2-14-10(12)9(7-11)8-3-5-13-6-4-8/h3,9H,2,4-6H2,1H3. The second-order valence-electron chi connectivity index (χ2n) is 2.92. The van der Waals surface area contributed by atoms with Crippen LogP contribution < -0.4 is 0 Å².